The molecule has 0 aliphatic rings. The van der Waals surface area contributed by atoms with Crippen molar-refractivity contribution in [2.45, 2.75) is 6.54 Å². The molecule has 0 saturated heterocycles. The fraction of sp³-hybridized carbons (Fsp3) is 0.0476. The van der Waals surface area contributed by atoms with Gasteiger partial charge in [0.2, 0.25) is 0 Å². The predicted molar refractivity (Wildman–Crippen MR) is 106 cm³/mol. The highest BCUT2D eigenvalue weighted by molar-refractivity contribution is 5.98. The first-order valence-corrected chi connectivity index (χ1v) is 8.52. The van der Waals surface area contributed by atoms with Crippen molar-refractivity contribution in [2.24, 2.45) is 0 Å². The van der Waals surface area contributed by atoms with Crippen LogP contribution in [0.2, 0.25) is 0 Å². The summed E-state index contributed by atoms with van der Waals surface area (Å²) in [7, 11) is 0. The molecule has 2 aromatic carbocycles. The van der Waals surface area contributed by atoms with Crippen LogP contribution in [0, 0.1) is 0 Å². The van der Waals surface area contributed by atoms with E-state index >= 15 is 0 Å². The Morgan fingerprint density at radius 1 is 1.00 bits per heavy atom. The molecule has 0 aliphatic carbocycles. The summed E-state index contributed by atoms with van der Waals surface area (Å²) in [5.41, 5.74) is 8.82. The zero-order valence-corrected chi connectivity index (χ0v) is 14.5. The number of rotatable bonds is 5. The molecular weight excluding hydrogens is 340 g/mol. The van der Waals surface area contributed by atoms with Gasteiger partial charge in [-0.05, 0) is 48.5 Å². The maximum absolute atomic E-state index is 12.2. The van der Waals surface area contributed by atoms with Crippen LogP contribution in [0.15, 0.2) is 77.3 Å². The Morgan fingerprint density at radius 3 is 2.67 bits per heavy atom. The molecule has 1 amide bonds. The van der Waals surface area contributed by atoms with E-state index in [9.17, 15) is 4.79 Å². The summed E-state index contributed by atoms with van der Waals surface area (Å²) in [5, 5.41) is 7.11. The summed E-state index contributed by atoms with van der Waals surface area (Å²) in [6, 6.07) is 21.0. The number of nitrogens with one attached hydrogen (secondary N) is 2. The van der Waals surface area contributed by atoms with Gasteiger partial charge in [0.25, 0.3) is 5.91 Å². The molecule has 2 heterocycles. The van der Waals surface area contributed by atoms with Gasteiger partial charge < -0.3 is 20.8 Å². The highest BCUT2D eigenvalue weighted by Crippen LogP contribution is 2.25. The van der Waals surface area contributed by atoms with Crippen LogP contribution in [0.4, 0.5) is 17.2 Å². The first kappa shape index (κ1) is 16.7. The second-order valence-electron chi connectivity index (χ2n) is 6.08. The van der Waals surface area contributed by atoms with Gasteiger partial charge in [-0.25, -0.2) is 4.98 Å². The molecular formula is C21H18N4O2. The number of nitrogen functional groups attached to an aromatic ring is 1. The number of fused-ring (bicyclic) bond motifs is 1. The van der Waals surface area contributed by atoms with Crippen LogP contribution in [0.5, 0.6) is 0 Å². The van der Waals surface area contributed by atoms with Gasteiger partial charge >= 0.3 is 0 Å². The predicted octanol–water partition coefficient (Wildman–Crippen LogP) is 4.08. The summed E-state index contributed by atoms with van der Waals surface area (Å²) < 4.78 is 5.80. The van der Waals surface area contributed by atoms with Gasteiger partial charge in [-0.1, -0.05) is 18.2 Å². The Labute approximate surface area is 156 Å². The fourth-order valence-electron chi connectivity index (χ4n) is 2.82. The SMILES string of the molecule is Nc1ncccc1C(=O)NCc1cc2cc(Nc3ccccc3)ccc2o1. The zero-order valence-electron chi connectivity index (χ0n) is 14.5. The van der Waals surface area contributed by atoms with Gasteiger partial charge in [-0.3, -0.25) is 4.79 Å². The first-order valence-electron chi connectivity index (χ1n) is 8.52. The Balaban J connectivity index is 1.47. The second kappa shape index (κ2) is 7.21. The van der Waals surface area contributed by atoms with E-state index in [2.05, 4.69) is 15.6 Å². The van der Waals surface area contributed by atoms with Gasteiger partial charge in [0.05, 0.1) is 12.1 Å². The van der Waals surface area contributed by atoms with Crippen molar-refractivity contribution in [1.29, 1.82) is 0 Å². The van der Waals surface area contributed by atoms with E-state index < -0.39 is 0 Å². The second-order valence-corrected chi connectivity index (χ2v) is 6.08. The lowest BCUT2D eigenvalue weighted by Crippen LogP contribution is -2.23. The summed E-state index contributed by atoms with van der Waals surface area (Å²) in [5.74, 6) is 0.585. The number of anilines is 3. The van der Waals surface area contributed by atoms with Gasteiger partial charge in [0, 0.05) is 23.0 Å². The lowest BCUT2D eigenvalue weighted by atomic mass is 10.2. The number of para-hydroxylation sites is 1. The summed E-state index contributed by atoms with van der Waals surface area (Å²) in [4.78, 5) is 16.1. The molecule has 0 radical (unpaired) electrons. The average molecular weight is 358 g/mol. The highest BCUT2D eigenvalue weighted by atomic mass is 16.3. The number of aromatic nitrogens is 1. The van der Waals surface area contributed by atoms with Crippen LogP contribution in [0.1, 0.15) is 16.1 Å². The maximum atomic E-state index is 12.2. The van der Waals surface area contributed by atoms with Crippen molar-refractivity contribution in [1.82, 2.24) is 10.3 Å². The molecule has 0 atom stereocenters. The van der Waals surface area contributed by atoms with E-state index in [4.69, 9.17) is 10.2 Å². The van der Waals surface area contributed by atoms with Crippen molar-refractivity contribution in [3.8, 4) is 0 Å². The quantitative estimate of drug-likeness (QED) is 0.500. The van der Waals surface area contributed by atoms with E-state index in [1.54, 1.807) is 18.3 Å². The van der Waals surface area contributed by atoms with Crippen molar-refractivity contribution >= 4 is 34.1 Å². The fourth-order valence-corrected chi connectivity index (χ4v) is 2.82. The van der Waals surface area contributed by atoms with Crippen LogP contribution in [-0.4, -0.2) is 10.9 Å². The number of nitrogens with zero attached hydrogens (tertiary/aromatic N) is 1. The van der Waals surface area contributed by atoms with Gasteiger partial charge in [-0.2, -0.15) is 0 Å². The molecule has 2 aromatic heterocycles. The van der Waals surface area contributed by atoms with Crippen molar-refractivity contribution in [2.75, 3.05) is 11.1 Å². The highest BCUT2D eigenvalue weighted by Gasteiger charge is 2.11. The standard InChI is InChI=1S/C21H18N4O2/c22-20-18(7-4-10-23-20)21(26)24-13-17-12-14-11-16(8-9-19(14)27-17)25-15-5-2-1-3-6-15/h1-12,25H,13H2,(H2,22,23)(H,24,26). The molecule has 4 N–H and O–H groups in total. The summed E-state index contributed by atoms with van der Waals surface area (Å²) in [6.07, 6.45) is 1.55. The van der Waals surface area contributed by atoms with E-state index in [0.29, 0.717) is 11.3 Å². The Kier molecular flexibility index (Phi) is 4.45. The molecule has 4 aromatic rings. The largest absolute Gasteiger partial charge is 0.459 e. The molecule has 4 rings (SSSR count). The van der Waals surface area contributed by atoms with Gasteiger partial charge in [0.1, 0.15) is 17.2 Å². The van der Waals surface area contributed by atoms with Crippen molar-refractivity contribution in [3.63, 3.8) is 0 Å². The molecule has 6 nitrogen and oxygen atoms in total. The molecule has 0 aliphatic heterocycles. The van der Waals surface area contributed by atoms with E-state index in [1.807, 2.05) is 54.6 Å². The number of furan rings is 1. The summed E-state index contributed by atoms with van der Waals surface area (Å²) >= 11 is 0. The minimum absolute atomic E-state index is 0.205. The van der Waals surface area contributed by atoms with Gasteiger partial charge in [0.15, 0.2) is 0 Å². The molecule has 27 heavy (non-hydrogen) atoms. The Hall–Kier alpha value is -3.80. The molecule has 0 bridgehead atoms. The Bertz CT molecular complexity index is 1090. The van der Waals surface area contributed by atoms with E-state index in [-0.39, 0.29) is 18.3 Å². The molecule has 0 fully saturated rings. The third-order valence-electron chi connectivity index (χ3n) is 4.14. The van der Waals surface area contributed by atoms with E-state index in [0.717, 1.165) is 22.3 Å². The van der Waals surface area contributed by atoms with Crippen LogP contribution in [0.3, 0.4) is 0 Å². The number of pyridine rings is 1. The number of benzene rings is 2. The normalized spacial score (nSPS) is 10.7. The number of amides is 1. The monoisotopic (exact) mass is 358 g/mol. The molecule has 0 unspecified atom stereocenters. The van der Waals surface area contributed by atoms with Crippen molar-refractivity contribution in [3.05, 3.63) is 84.3 Å². The maximum Gasteiger partial charge on any atom is 0.255 e. The lowest BCUT2D eigenvalue weighted by Gasteiger charge is -2.05. The number of hydrogen-bond donors (Lipinski definition) is 3. The van der Waals surface area contributed by atoms with Gasteiger partial charge in [-0.15, -0.1) is 0 Å². The first-order chi connectivity index (χ1) is 13.2. The topological polar surface area (TPSA) is 93.2 Å². The lowest BCUT2D eigenvalue weighted by molar-refractivity contribution is 0.0949. The van der Waals surface area contributed by atoms with Crippen LogP contribution in [-0.2, 0) is 6.54 Å². The molecule has 134 valence electrons. The van der Waals surface area contributed by atoms with Crippen molar-refractivity contribution < 1.29 is 9.21 Å². The Morgan fingerprint density at radius 2 is 1.85 bits per heavy atom. The number of hydrogen-bond acceptors (Lipinski definition) is 5. The number of carbonyl (C=O) groups is 1. The third-order valence-corrected chi connectivity index (χ3v) is 4.14. The van der Waals surface area contributed by atoms with E-state index in [1.165, 1.54) is 0 Å². The van der Waals surface area contributed by atoms with Crippen LogP contribution >= 0.6 is 0 Å². The minimum Gasteiger partial charge on any atom is -0.459 e. The summed E-state index contributed by atoms with van der Waals surface area (Å²) in [6.45, 7) is 0.267. The number of nitrogens with two attached hydrogens (primary N) is 1. The zero-order chi connectivity index (χ0) is 18.6. The molecule has 0 saturated carbocycles. The molecule has 6 heteroatoms. The minimum atomic E-state index is -0.285. The number of carbonyl (C=O) groups excluding carboxylic acids is 1. The molecule has 0 spiro atoms. The smallest absolute Gasteiger partial charge is 0.255 e. The van der Waals surface area contributed by atoms with Crippen LogP contribution < -0.4 is 16.4 Å². The van der Waals surface area contributed by atoms with Crippen LogP contribution in [0.25, 0.3) is 11.0 Å². The average Bonchev–Trinajstić information content (AvgIpc) is 3.09. The third kappa shape index (κ3) is 3.74.